The van der Waals surface area contributed by atoms with Crippen LogP contribution in [0.4, 0.5) is 11.4 Å². The van der Waals surface area contributed by atoms with Crippen molar-refractivity contribution < 1.29 is 5.11 Å². The van der Waals surface area contributed by atoms with Gasteiger partial charge in [-0.1, -0.05) is 6.07 Å². The second-order valence-corrected chi connectivity index (χ2v) is 6.78. The zero-order valence-electron chi connectivity index (χ0n) is 13.5. The van der Waals surface area contributed by atoms with E-state index in [-0.39, 0.29) is 5.75 Å². The molecule has 25 heavy (non-hydrogen) atoms. The zero-order chi connectivity index (χ0) is 17.2. The van der Waals surface area contributed by atoms with Gasteiger partial charge in [0.25, 0.3) is 0 Å². The highest BCUT2D eigenvalue weighted by molar-refractivity contribution is 7.21. The Morgan fingerprint density at radius 1 is 0.840 bits per heavy atom. The van der Waals surface area contributed by atoms with E-state index in [1.807, 2.05) is 24.3 Å². The zero-order valence-corrected chi connectivity index (χ0v) is 14.4. The molecule has 0 atom stereocenters. The summed E-state index contributed by atoms with van der Waals surface area (Å²) in [6.07, 6.45) is 0. The lowest BCUT2D eigenvalue weighted by Gasteiger charge is -1.97. The molecule has 0 aliphatic heterocycles. The van der Waals surface area contributed by atoms with Gasteiger partial charge in [0.2, 0.25) is 0 Å². The van der Waals surface area contributed by atoms with Crippen molar-refractivity contribution in [1.82, 2.24) is 4.98 Å². The minimum Gasteiger partial charge on any atom is -0.508 e. The summed E-state index contributed by atoms with van der Waals surface area (Å²) in [6, 6.07) is 20.8. The Balaban J connectivity index is 1.57. The molecule has 1 N–H and O–H groups in total. The van der Waals surface area contributed by atoms with E-state index in [4.69, 9.17) is 4.98 Å². The average Bonchev–Trinajstić information content (AvgIpc) is 3.05. The number of aromatic nitrogens is 1. The average molecular weight is 345 g/mol. The van der Waals surface area contributed by atoms with Crippen molar-refractivity contribution in [2.75, 3.05) is 0 Å². The molecule has 0 aliphatic carbocycles. The van der Waals surface area contributed by atoms with E-state index in [0.29, 0.717) is 5.69 Å². The molecule has 1 aromatic heterocycles. The number of fused-ring (bicyclic) bond motifs is 1. The van der Waals surface area contributed by atoms with Gasteiger partial charge in [0.15, 0.2) is 0 Å². The van der Waals surface area contributed by atoms with Gasteiger partial charge in [-0.15, -0.1) is 11.3 Å². The number of nitrogens with zero attached hydrogens (tertiary/aromatic N) is 3. The van der Waals surface area contributed by atoms with Gasteiger partial charge in [-0.3, -0.25) is 0 Å². The van der Waals surface area contributed by atoms with E-state index in [0.717, 1.165) is 21.8 Å². The summed E-state index contributed by atoms with van der Waals surface area (Å²) in [7, 11) is 0. The fourth-order valence-corrected chi connectivity index (χ4v) is 3.53. The van der Waals surface area contributed by atoms with Crippen molar-refractivity contribution in [2.45, 2.75) is 6.92 Å². The number of phenolic OH excluding ortho intramolecular Hbond substituents is 1. The third-order valence-electron chi connectivity index (χ3n) is 3.79. The number of aromatic hydroxyl groups is 1. The normalized spacial score (nSPS) is 11.4. The van der Waals surface area contributed by atoms with Crippen molar-refractivity contribution in [3.05, 3.63) is 72.3 Å². The maximum absolute atomic E-state index is 9.27. The Morgan fingerprint density at radius 3 is 2.16 bits per heavy atom. The Morgan fingerprint density at radius 2 is 1.48 bits per heavy atom. The van der Waals surface area contributed by atoms with Crippen molar-refractivity contribution in [1.29, 1.82) is 0 Å². The fourth-order valence-electron chi connectivity index (χ4n) is 2.46. The van der Waals surface area contributed by atoms with Crippen LogP contribution in [-0.4, -0.2) is 10.1 Å². The SMILES string of the molecule is Cc1ccc2nc(-c3ccc(N=Nc4ccc(O)cc4)cc3)sc2c1. The second kappa shape index (κ2) is 6.45. The van der Waals surface area contributed by atoms with Gasteiger partial charge in [-0.25, -0.2) is 4.98 Å². The molecular formula is C20H15N3OS. The second-order valence-electron chi connectivity index (χ2n) is 5.75. The van der Waals surface area contributed by atoms with Crippen LogP contribution in [0.1, 0.15) is 5.56 Å². The third kappa shape index (κ3) is 3.41. The van der Waals surface area contributed by atoms with E-state index in [9.17, 15) is 5.11 Å². The lowest BCUT2D eigenvalue weighted by Crippen LogP contribution is -1.75. The number of benzene rings is 3. The number of aryl methyl sites for hydroxylation is 1. The smallest absolute Gasteiger partial charge is 0.124 e. The van der Waals surface area contributed by atoms with Gasteiger partial charge in [0.1, 0.15) is 10.8 Å². The van der Waals surface area contributed by atoms with Crippen LogP contribution in [0.5, 0.6) is 5.75 Å². The summed E-state index contributed by atoms with van der Waals surface area (Å²) in [5, 5.41) is 18.7. The number of rotatable bonds is 3. The molecule has 0 amide bonds. The Bertz CT molecular complexity index is 1050. The first-order chi connectivity index (χ1) is 12.2. The summed E-state index contributed by atoms with van der Waals surface area (Å²) >= 11 is 1.69. The quantitative estimate of drug-likeness (QED) is 0.437. The van der Waals surface area contributed by atoms with E-state index < -0.39 is 0 Å². The molecule has 3 aromatic carbocycles. The molecular weight excluding hydrogens is 330 g/mol. The van der Waals surface area contributed by atoms with Crippen LogP contribution in [0.25, 0.3) is 20.8 Å². The first kappa shape index (κ1) is 15.5. The van der Waals surface area contributed by atoms with Crippen molar-refractivity contribution in [3.63, 3.8) is 0 Å². The molecule has 0 saturated carbocycles. The Labute approximate surface area is 149 Å². The number of azo groups is 1. The summed E-state index contributed by atoms with van der Waals surface area (Å²) in [6.45, 7) is 2.09. The lowest BCUT2D eigenvalue weighted by molar-refractivity contribution is 0.475. The van der Waals surface area contributed by atoms with Crippen LogP contribution in [0.3, 0.4) is 0 Å². The van der Waals surface area contributed by atoms with Crippen molar-refractivity contribution >= 4 is 32.9 Å². The van der Waals surface area contributed by atoms with Gasteiger partial charge in [-0.05, 0) is 73.2 Å². The number of hydrogen-bond acceptors (Lipinski definition) is 5. The van der Waals surface area contributed by atoms with Crippen LogP contribution in [-0.2, 0) is 0 Å². The maximum Gasteiger partial charge on any atom is 0.124 e. The molecule has 4 rings (SSSR count). The summed E-state index contributed by atoms with van der Waals surface area (Å²) < 4.78 is 1.20. The number of hydrogen-bond donors (Lipinski definition) is 1. The van der Waals surface area contributed by atoms with E-state index in [2.05, 4.69) is 35.4 Å². The Hall–Kier alpha value is -3.05. The largest absolute Gasteiger partial charge is 0.508 e. The van der Waals surface area contributed by atoms with E-state index >= 15 is 0 Å². The van der Waals surface area contributed by atoms with Gasteiger partial charge in [-0.2, -0.15) is 10.2 Å². The van der Waals surface area contributed by atoms with Gasteiger partial charge in [0, 0.05) is 5.56 Å². The van der Waals surface area contributed by atoms with Crippen LogP contribution in [0, 0.1) is 6.92 Å². The molecule has 0 aliphatic rings. The van der Waals surface area contributed by atoms with Crippen molar-refractivity contribution in [2.24, 2.45) is 10.2 Å². The highest BCUT2D eigenvalue weighted by atomic mass is 32.1. The first-order valence-corrected chi connectivity index (χ1v) is 8.67. The molecule has 0 spiro atoms. The molecule has 0 saturated heterocycles. The van der Waals surface area contributed by atoms with Gasteiger partial charge >= 0.3 is 0 Å². The van der Waals surface area contributed by atoms with Crippen LogP contribution >= 0.6 is 11.3 Å². The minimum atomic E-state index is 0.217. The summed E-state index contributed by atoms with van der Waals surface area (Å²) in [5.74, 6) is 0.217. The fraction of sp³-hybridized carbons (Fsp3) is 0.0500. The predicted molar refractivity (Wildman–Crippen MR) is 102 cm³/mol. The predicted octanol–water partition coefficient (Wildman–Crippen LogP) is 6.39. The molecule has 0 fully saturated rings. The number of phenols is 1. The standard InChI is InChI=1S/C20H15N3OS/c1-13-2-11-18-19(12-13)25-20(21-18)14-3-5-15(6-4-14)22-23-16-7-9-17(24)10-8-16/h2-12,24H,1H3. The third-order valence-corrected chi connectivity index (χ3v) is 4.86. The van der Waals surface area contributed by atoms with E-state index in [1.54, 1.807) is 35.6 Å². The molecule has 1 heterocycles. The summed E-state index contributed by atoms with van der Waals surface area (Å²) in [4.78, 5) is 4.70. The summed E-state index contributed by atoms with van der Waals surface area (Å²) in [5.41, 5.74) is 4.81. The molecule has 5 heteroatoms. The van der Waals surface area contributed by atoms with Crippen molar-refractivity contribution in [3.8, 4) is 16.3 Å². The highest BCUT2D eigenvalue weighted by Gasteiger charge is 2.06. The Kier molecular flexibility index (Phi) is 3.99. The molecule has 122 valence electrons. The van der Waals surface area contributed by atoms with E-state index in [1.165, 1.54) is 10.3 Å². The van der Waals surface area contributed by atoms with Crippen LogP contribution < -0.4 is 0 Å². The highest BCUT2D eigenvalue weighted by Crippen LogP contribution is 2.32. The van der Waals surface area contributed by atoms with Crippen LogP contribution in [0.2, 0.25) is 0 Å². The molecule has 0 unspecified atom stereocenters. The molecule has 4 nitrogen and oxygen atoms in total. The molecule has 0 radical (unpaired) electrons. The molecule has 4 aromatic rings. The van der Waals surface area contributed by atoms with Gasteiger partial charge < -0.3 is 5.11 Å². The molecule has 0 bridgehead atoms. The number of thiazole rings is 1. The maximum atomic E-state index is 9.27. The lowest BCUT2D eigenvalue weighted by atomic mass is 10.2. The topological polar surface area (TPSA) is 57.8 Å². The van der Waals surface area contributed by atoms with Gasteiger partial charge in [0.05, 0.1) is 21.6 Å². The minimum absolute atomic E-state index is 0.217. The first-order valence-electron chi connectivity index (χ1n) is 7.86. The monoisotopic (exact) mass is 345 g/mol. The van der Waals surface area contributed by atoms with Crippen LogP contribution in [0.15, 0.2) is 77.0 Å².